The lowest BCUT2D eigenvalue weighted by molar-refractivity contribution is -0.870. The van der Waals surface area contributed by atoms with Gasteiger partial charge in [0, 0.05) is 6.42 Å². The van der Waals surface area contributed by atoms with Crippen LogP contribution in [0.5, 0.6) is 0 Å². The van der Waals surface area contributed by atoms with Crippen molar-refractivity contribution in [2.45, 2.75) is 341 Å². The first-order valence-corrected chi connectivity index (χ1v) is 34.3. The van der Waals surface area contributed by atoms with Crippen molar-refractivity contribution in [1.82, 2.24) is 5.32 Å². The summed E-state index contributed by atoms with van der Waals surface area (Å²) in [5, 5.41) is 13.9. The third-order valence-corrected chi connectivity index (χ3v) is 16.0. The first kappa shape index (κ1) is 73.7. The smallest absolute Gasteiger partial charge is 0.268 e. The van der Waals surface area contributed by atoms with E-state index >= 15 is 0 Å². The molecular weight excluding hydrogens is 948 g/mol. The Hall–Kier alpha value is -1.28. The van der Waals surface area contributed by atoms with Crippen LogP contribution in [0.4, 0.5) is 0 Å². The van der Waals surface area contributed by atoms with Gasteiger partial charge in [0.05, 0.1) is 39.9 Å². The molecule has 9 heteroatoms. The summed E-state index contributed by atoms with van der Waals surface area (Å²) < 4.78 is 23.4. The van der Waals surface area contributed by atoms with Crippen LogP contribution in [0, 0.1) is 0 Å². The van der Waals surface area contributed by atoms with Gasteiger partial charge in [0.2, 0.25) is 5.91 Å². The quantitative estimate of drug-likeness (QED) is 0.0272. The van der Waals surface area contributed by atoms with E-state index in [1.54, 1.807) is 6.08 Å². The van der Waals surface area contributed by atoms with Gasteiger partial charge < -0.3 is 28.8 Å². The number of carbonyl (C=O) groups is 1. The third-order valence-electron chi connectivity index (χ3n) is 15.1. The molecule has 1 amide bonds. The number of amides is 1. The standard InChI is InChI=1S/C66H129N2O6P/c1-6-8-10-12-14-16-18-20-22-24-26-28-30-32-33-34-35-36-38-40-42-44-46-48-50-52-54-56-58-60-66(70)67-64(63-74-75(71,72)73-62-61-68(3,4)5)65(69)59-57-55-53-51-49-47-45-43-41-39-37-31-29-27-25-23-21-19-17-15-13-11-9-7-2/h32-33,49,51,57,59,64-65,69H,6-31,34-48,50,52-56,58,60-63H2,1-5H3,(H-,67,70,71,72)/b33-32-,51-49+,59-57+. The molecule has 0 aromatic carbocycles. The molecule has 0 fully saturated rings. The molecule has 444 valence electrons. The second kappa shape index (κ2) is 57.4. The number of likely N-dealkylation sites (N-methyl/N-ethyl adjacent to an activating group) is 1. The van der Waals surface area contributed by atoms with Gasteiger partial charge in [-0.15, -0.1) is 0 Å². The number of aliphatic hydroxyl groups is 1. The van der Waals surface area contributed by atoms with Crippen LogP contribution in [0.1, 0.15) is 328 Å². The summed E-state index contributed by atoms with van der Waals surface area (Å²) in [6.45, 7) is 4.68. The normalized spacial score (nSPS) is 14.0. The highest BCUT2D eigenvalue weighted by Crippen LogP contribution is 2.38. The van der Waals surface area contributed by atoms with Gasteiger partial charge >= 0.3 is 0 Å². The summed E-state index contributed by atoms with van der Waals surface area (Å²) in [7, 11) is 1.26. The van der Waals surface area contributed by atoms with E-state index < -0.39 is 20.0 Å². The van der Waals surface area contributed by atoms with Gasteiger partial charge in [0.25, 0.3) is 7.82 Å². The van der Waals surface area contributed by atoms with Crippen LogP contribution < -0.4 is 10.2 Å². The van der Waals surface area contributed by atoms with E-state index in [1.165, 1.54) is 270 Å². The largest absolute Gasteiger partial charge is 0.756 e. The van der Waals surface area contributed by atoms with Crippen LogP contribution in [0.3, 0.4) is 0 Å². The zero-order valence-electron chi connectivity index (χ0n) is 50.8. The van der Waals surface area contributed by atoms with Crippen molar-refractivity contribution >= 4 is 13.7 Å². The Balaban J connectivity index is 4.13. The minimum atomic E-state index is -4.61. The monoisotopic (exact) mass is 1080 g/mol. The van der Waals surface area contributed by atoms with Crippen LogP contribution in [0.2, 0.25) is 0 Å². The second-order valence-corrected chi connectivity index (χ2v) is 25.2. The molecule has 0 aliphatic carbocycles. The van der Waals surface area contributed by atoms with E-state index in [0.29, 0.717) is 17.4 Å². The highest BCUT2D eigenvalue weighted by atomic mass is 31.2. The minimum Gasteiger partial charge on any atom is -0.756 e. The first-order valence-electron chi connectivity index (χ1n) is 32.9. The van der Waals surface area contributed by atoms with Gasteiger partial charge in [-0.1, -0.05) is 301 Å². The Morgan fingerprint density at radius 1 is 0.453 bits per heavy atom. The maximum Gasteiger partial charge on any atom is 0.268 e. The molecule has 0 aromatic heterocycles. The zero-order chi connectivity index (χ0) is 54.9. The van der Waals surface area contributed by atoms with Gasteiger partial charge in [0.15, 0.2) is 0 Å². The van der Waals surface area contributed by atoms with Gasteiger partial charge in [0.1, 0.15) is 13.2 Å². The van der Waals surface area contributed by atoms with Crippen molar-refractivity contribution < 1.29 is 32.9 Å². The Labute approximate surface area is 467 Å². The molecule has 3 atom stereocenters. The lowest BCUT2D eigenvalue weighted by Crippen LogP contribution is -2.45. The summed E-state index contributed by atoms with van der Waals surface area (Å²) in [5.74, 6) is -0.202. The number of nitrogens with zero attached hydrogens (tertiary/aromatic N) is 1. The molecular formula is C66H129N2O6P. The number of carbonyl (C=O) groups excluding carboxylic acids is 1. The molecule has 0 rings (SSSR count). The number of hydrogen-bond donors (Lipinski definition) is 2. The van der Waals surface area contributed by atoms with Crippen LogP contribution in [-0.2, 0) is 18.4 Å². The fraction of sp³-hybridized carbons (Fsp3) is 0.894. The molecule has 3 unspecified atom stereocenters. The minimum absolute atomic E-state index is 0.00516. The number of aliphatic hydroxyl groups excluding tert-OH is 1. The summed E-state index contributed by atoms with van der Waals surface area (Å²) in [5.41, 5.74) is 0. The lowest BCUT2D eigenvalue weighted by Gasteiger charge is -2.29. The molecule has 0 saturated heterocycles. The van der Waals surface area contributed by atoms with Gasteiger partial charge in [-0.05, 0) is 57.8 Å². The summed E-state index contributed by atoms with van der Waals surface area (Å²) >= 11 is 0. The molecule has 0 aliphatic rings. The second-order valence-electron chi connectivity index (χ2n) is 23.8. The maximum atomic E-state index is 13.0. The number of allylic oxidation sites excluding steroid dienone is 5. The molecule has 0 radical (unpaired) electrons. The summed E-state index contributed by atoms with van der Waals surface area (Å²) in [4.78, 5) is 25.6. The van der Waals surface area contributed by atoms with Crippen LogP contribution in [-0.4, -0.2) is 68.5 Å². The fourth-order valence-corrected chi connectivity index (χ4v) is 10.7. The number of quaternary nitrogens is 1. The number of unbranched alkanes of at least 4 members (excludes halogenated alkanes) is 44. The molecule has 2 N–H and O–H groups in total. The molecule has 0 spiro atoms. The van der Waals surface area contributed by atoms with Crippen LogP contribution in [0.15, 0.2) is 36.5 Å². The zero-order valence-corrected chi connectivity index (χ0v) is 51.7. The van der Waals surface area contributed by atoms with Crippen molar-refractivity contribution in [2.24, 2.45) is 0 Å². The number of phosphoric acid groups is 1. The Kier molecular flexibility index (Phi) is 56.4. The van der Waals surface area contributed by atoms with Crippen molar-refractivity contribution in [2.75, 3.05) is 40.9 Å². The van der Waals surface area contributed by atoms with E-state index in [-0.39, 0.29) is 19.1 Å². The molecule has 8 nitrogen and oxygen atoms in total. The van der Waals surface area contributed by atoms with Gasteiger partial charge in [-0.3, -0.25) is 9.36 Å². The third kappa shape index (κ3) is 60.2. The Morgan fingerprint density at radius 2 is 0.747 bits per heavy atom. The van der Waals surface area contributed by atoms with Crippen LogP contribution >= 0.6 is 7.82 Å². The van der Waals surface area contributed by atoms with E-state index in [1.807, 2.05) is 27.2 Å². The predicted octanol–water partition coefficient (Wildman–Crippen LogP) is 19.9. The van der Waals surface area contributed by atoms with E-state index in [2.05, 4.69) is 43.5 Å². The molecule has 0 heterocycles. The van der Waals surface area contributed by atoms with Gasteiger partial charge in [-0.2, -0.15) is 0 Å². The van der Waals surface area contributed by atoms with E-state index in [0.717, 1.165) is 38.5 Å². The lowest BCUT2D eigenvalue weighted by atomic mass is 10.0. The van der Waals surface area contributed by atoms with E-state index in [9.17, 15) is 19.4 Å². The topological polar surface area (TPSA) is 108 Å². The average Bonchev–Trinajstić information content (AvgIpc) is 3.37. The first-order chi connectivity index (χ1) is 36.5. The number of phosphoric ester groups is 1. The van der Waals surface area contributed by atoms with Crippen molar-refractivity contribution in [3.05, 3.63) is 36.5 Å². The highest BCUT2D eigenvalue weighted by Gasteiger charge is 2.23. The number of hydrogen-bond acceptors (Lipinski definition) is 6. The molecule has 0 saturated carbocycles. The molecule has 0 aliphatic heterocycles. The fourth-order valence-electron chi connectivity index (χ4n) is 9.93. The average molecular weight is 1080 g/mol. The van der Waals surface area contributed by atoms with E-state index in [4.69, 9.17) is 9.05 Å². The van der Waals surface area contributed by atoms with Gasteiger partial charge in [-0.25, -0.2) is 0 Å². The van der Waals surface area contributed by atoms with Crippen molar-refractivity contribution in [1.29, 1.82) is 0 Å². The summed E-state index contributed by atoms with van der Waals surface area (Å²) in [6, 6.07) is -0.904. The summed E-state index contributed by atoms with van der Waals surface area (Å²) in [6.07, 6.45) is 75.4. The predicted molar refractivity (Wildman–Crippen MR) is 325 cm³/mol. The number of rotatable bonds is 61. The Bertz CT molecular complexity index is 1320. The van der Waals surface area contributed by atoms with Crippen molar-refractivity contribution in [3.63, 3.8) is 0 Å². The van der Waals surface area contributed by atoms with Crippen molar-refractivity contribution in [3.8, 4) is 0 Å². The maximum absolute atomic E-state index is 13.0. The SMILES string of the molecule is CCCCCCCCCCCCCC/C=C\CCCCCCCCCCCCCCCC(=O)NC(COP(=O)([O-])OCC[N+](C)(C)C)C(O)/C=C/CC/C=C/CCCCCCCCCCCCCCCCCCCC. The molecule has 75 heavy (non-hydrogen) atoms. The Morgan fingerprint density at radius 3 is 1.08 bits per heavy atom. The van der Waals surface area contributed by atoms with Crippen LogP contribution in [0.25, 0.3) is 0 Å². The molecule has 0 aromatic rings. The number of nitrogens with one attached hydrogen (secondary N) is 1. The highest BCUT2D eigenvalue weighted by molar-refractivity contribution is 7.45. The molecule has 0 bridgehead atoms.